The van der Waals surface area contributed by atoms with E-state index in [1.165, 1.54) is 11.3 Å². The zero-order chi connectivity index (χ0) is 55.9. The zero-order valence-electron chi connectivity index (χ0n) is 45.8. The number of hydrogen-bond acceptors (Lipinski definition) is 11. The lowest BCUT2D eigenvalue weighted by Gasteiger charge is -2.11. The molecule has 81 heavy (non-hydrogen) atoms. The van der Waals surface area contributed by atoms with E-state index in [2.05, 4.69) is 85.5 Å². The number of anilines is 3. The van der Waals surface area contributed by atoms with Crippen molar-refractivity contribution in [3.05, 3.63) is 274 Å². The molecule has 2 aliphatic rings. The predicted octanol–water partition coefficient (Wildman–Crippen LogP) is 12.3. The second kappa shape index (κ2) is 26.3. The van der Waals surface area contributed by atoms with Gasteiger partial charge in [0.1, 0.15) is 45.9 Å². The number of hydrogen-bond donors (Lipinski definition) is 2. The third kappa shape index (κ3) is 14.1. The first-order valence-corrected chi connectivity index (χ1v) is 27.8. The molecule has 6 heterocycles. The lowest BCUT2D eigenvalue weighted by Crippen LogP contribution is -2.44. The Bertz CT molecular complexity index is 3770. The van der Waals surface area contributed by atoms with E-state index < -0.39 is 0 Å². The quantitative estimate of drug-likeness (QED) is 0.0756. The molecular formula is C68H63N9O3S+2. The van der Waals surface area contributed by atoms with E-state index in [4.69, 9.17) is 14.7 Å². The average molecular weight is 1090 g/mol. The van der Waals surface area contributed by atoms with Gasteiger partial charge in [-0.1, -0.05) is 158 Å². The Morgan fingerprint density at radius 3 is 1.56 bits per heavy atom. The molecular weight excluding hydrogens is 1020 g/mol. The summed E-state index contributed by atoms with van der Waals surface area (Å²) in [5, 5.41) is 9.99. The molecule has 0 amide bonds. The molecule has 0 bridgehead atoms. The lowest BCUT2D eigenvalue weighted by molar-refractivity contribution is -0.553. The highest BCUT2D eigenvalue weighted by atomic mass is 32.1. The van der Waals surface area contributed by atoms with Crippen LogP contribution in [0.5, 0.6) is 5.75 Å². The number of carbonyl (C=O) groups excluding carboxylic acids is 2. The molecule has 0 saturated heterocycles. The highest BCUT2D eigenvalue weighted by Gasteiger charge is 2.42. The topological polar surface area (TPSA) is 130 Å². The number of carbonyl (C=O) groups is 2. The summed E-state index contributed by atoms with van der Waals surface area (Å²) in [5.41, 5.74) is 13.1. The minimum Gasteiger partial charge on any atom is -0.497 e. The van der Waals surface area contributed by atoms with Gasteiger partial charge in [0.25, 0.3) is 0 Å². The van der Waals surface area contributed by atoms with E-state index in [1.54, 1.807) is 33.8 Å². The maximum Gasteiger partial charge on any atom is 0.359 e. The molecule has 0 aliphatic carbocycles. The number of aromatic nitrogens is 6. The molecule has 13 heteroatoms. The fraction of sp³-hybridized carbons (Fsp3) is 0.147. The van der Waals surface area contributed by atoms with Crippen molar-refractivity contribution in [2.75, 3.05) is 36.7 Å². The van der Waals surface area contributed by atoms with E-state index in [1.807, 2.05) is 191 Å². The Morgan fingerprint density at radius 2 is 1.06 bits per heavy atom. The first-order chi connectivity index (χ1) is 39.6. The van der Waals surface area contributed by atoms with Gasteiger partial charge in [0, 0.05) is 80.1 Å². The number of thiazole rings is 1. The number of benzene rings is 6. The van der Waals surface area contributed by atoms with Gasteiger partial charge in [-0.05, 0) is 83.3 Å². The third-order valence-corrected chi connectivity index (χ3v) is 14.7. The van der Waals surface area contributed by atoms with Crippen LogP contribution >= 0.6 is 11.3 Å². The van der Waals surface area contributed by atoms with Crippen LogP contribution in [0.3, 0.4) is 0 Å². The van der Waals surface area contributed by atoms with Gasteiger partial charge in [-0.25, -0.2) is 24.5 Å². The summed E-state index contributed by atoms with van der Waals surface area (Å²) in [4.78, 5) is 47.2. The summed E-state index contributed by atoms with van der Waals surface area (Å²) in [6, 6.07) is 59.9. The number of nitrogens with zero attached hydrogens (tertiary/aromatic N) is 7. The monoisotopic (exact) mass is 1090 g/mol. The van der Waals surface area contributed by atoms with Crippen LogP contribution in [-0.2, 0) is 25.7 Å². The van der Waals surface area contributed by atoms with Gasteiger partial charge in [0.2, 0.25) is 0 Å². The van der Waals surface area contributed by atoms with Gasteiger partial charge in [-0.2, -0.15) is 9.13 Å². The fourth-order valence-corrected chi connectivity index (χ4v) is 10.2. The second-order valence-electron chi connectivity index (χ2n) is 19.9. The largest absolute Gasteiger partial charge is 0.497 e. The number of methoxy groups -OCH3 is 1. The summed E-state index contributed by atoms with van der Waals surface area (Å²) in [7, 11) is 5.74. The van der Waals surface area contributed by atoms with Gasteiger partial charge < -0.3 is 9.64 Å². The first kappa shape index (κ1) is 54.6. The molecule has 10 aromatic rings. The van der Waals surface area contributed by atoms with Crippen LogP contribution in [0, 0.1) is 6.92 Å². The molecule has 0 spiro atoms. The fourth-order valence-electron chi connectivity index (χ4n) is 9.54. The standard InChI is InChI=1S/C27H23N3O2.C25H20N4O.C16H18N2S/c1-32-22-14-12-21(13-15-22)25-18-30-26(23(28-25)16-19-8-4-2-5-9-19)29-24(27(30)31)17-20-10-6-3-7-11-20;30-25-22(14-18-8-3-1-4-9-18)28-24-21(15-19-10-7-13-26-16-19)27-23(17-29(24)25)20-11-5-2-6-12-20;1-13-12-19-16(17-13)7-5-4-6-14-8-10-15(11-9-14)18(2)3/h2-15,18,24H,16-17H2,1H3;1-13,16-17,22H,14-15H2;4-12H,1-3H3/p+2/b;;6-4+,7-5+. The Kier molecular flexibility index (Phi) is 17.7. The van der Waals surface area contributed by atoms with Crippen LogP contribution in [0.2, 0.25) is 0 Å². The number of aryl methyl sites for hydroxylation is 1. The van der Waals surface area contributed by atoms with Crippen LogP contribution in [0.25, 0.3) is 34.7 Å². The zero-order valence-corrected chi connectivity index (χ0v) is 46.6. The van der Waals surface area contributed by atoms with Gasteiger partial charge >= 0.3 is 23.5 Å². The summed E-state index contributed by atoms with van der Waals surface area (Å²) in [5.74, 6) is 2.41. The van der Waals surface area contributed by atoms with E-state index >= 15 is 0 Å². The molecule has 0 saturated carbocycles. The van der Waals surface area contributed by atoms with Crippen molar-refractivity contribution in [2.24, 2.45) is 0 Å². The highest BCUT2D eigenvalue weighted by molar-refractivity contribution is 7.10. The maximum atomic E-state index is 13.3. The van der Waals surface area contributed by atoms with Crippen molar-refractivity contribution < 1.29 is 23.5 Å². The number of nitrogens with one attached hydrogen (secondary N) is 2. The molecule has 0 fully saturated rings. The molecule has 2 unspecified atom stereocenters. The van der Waals surface area contributed by atoms with Gasteiger partial charge in [-0.3, -0.25) is 15.6 Å². The first-order valence-electron chi connectivity index (χ1n) is 26.9. The van der Waals surface area contributed by atoms with Gasteiger partial charge in [-0.15, -0.1) is 11.3 Å². The number of allylic oxidation sites excluding steroid dienone is 2. The van der Waals surface area contributed by atoms with E-state index in [-0.39, 0.29) is 23.9 Å². The molecule has 2 N–H and O–H groups in total. The summed E-state index contributed by atoms with van der Waals surface area (Å²) < 4.78 is 8.75. The van der Waals surface area contributed by atoms with Crippen molar-refractivity contribution in [2.45, 2.75) is 44.7 Å². The van der Waals surface area contributed by atoms with E-state index in [9.17, 15) is 9.59 Å². The number of ether oxygens (including phenoxy) is 1. The van der Waals surface area contributed by atoms with Gasteiger partial charge in [0.05, 0.1) is 7.11 Å². The van der Waals surface area contributed by atoms with Crippen molar-refractivity contribution in [3.63, 3.8) is 0 Å². The van der Waals surface area contributed by atoms with Crippen molar-refractivity contribution >= 4 is 52.6 Å². The Morgan fingerprint density at radius 1 is 0.568 bits per heavy atom. The van der Waals surface area contributed by atoms with Crippen LogP contribution in [0.4, 0.5) is 17.3 Å². The summed E-state index contributed by atoms with van der Waals surface area (Å²) >= 11 is 1.66. The van der Waals surface area contributed by atoms with Crippen LogP contribution < -0.4 is 29.4 Å². The van der Waals surface area contributed by atoms with E-state index in [0.717, 1.165) is 84.2 Å². The van der Waals surface area contributed by atoms with Crippen LogP contribution in [0.1, 0.15) is 59.5 Å². The predicted molar refractivity (Wildman–Crippen MR) is 325 cm³/mol. The number of pyridine rings is 1. The molecule has 402 valence electrons. The van der Waals surface area contributed by atoms with Crippen molar-refractivity contribution in [1.82, 2.24) is 19.9 Å². The number of rotatable bonds is 15. The Labute approximate surface area is 477 Å². The SMILES string of the molecule is COc1ccc(-c2c[n+]3c(c(Cc4ccccc4)n2)NC(Cc2ccccc2)C3=O)cc1.Cc1csc(/C=C/C=C/c2ccc(N(C)C)cc2)n1.O=C1C(Cc2ccccc2)Nc2c(Cc3cccnc3)nc(-c3ccccc3)c[n+]21. The lowest BCUT2D eigenvalue weighted by atomic mass is 10.1. The summed E-state index contributed by atoms with van der Waals surface area (Å²) in [6.07, 6.45) is 18.0. The van der Waals surface area contributed by atoms with E-state index in [0.29, 0.717) is 25.7 Å². The minimum atomic E-state index is -0.320. The minimum absolute atomic E-state index is 0.0373. The Hall–Kier alpha value is -9.72. The smallest absolute Gasteiger partial charge is 0.359 e. The molecule has 2 aliphatic heterocycles. The molecule has 0 radical (unpaired) electrons. The Balaban J connectivity index is 0.000000141. The molecule has 6 aromatic carbocycles. The average Bonchev–Trinajstić information content (AvgIpc) is 4.31. The molecule has 12 rings (SSSR count). The normalized spacial score (nSPS) is 14.0. The molecule has 4 aromatic heterocycles. The highest BCUT2D eigenvalue weighted by Crippen LogP contribution is 2.28. The maximum absolute atomic E-state index is 13.3. The van der Waals surface area contributed by atoms with Gasteiger partial charge in [0.15, 0.2) is 12.1 Å². The number of fused-ring (bicyclic) bond motifs is 2. The van der Waals surface area contributed by atoms with Crippen molar-refractivity contribution in [3.8, 4) is 28.3 Å². The van der Waals surface area contributed by atoms with Crippen molar-refractivity contribution in [1.29, 1.82) is 0 Å². The van der Waals surface area contributed by atoms with Crippen LogP contribution in [-0.4, -0.2) is 65.0 Å². The third-order valence-electron chi connectivity index (χ3n) is 13.7. The second-order valence-corrected chi connectivity index (χ2v) is 20.7. The van der Waals surface area contributed by atoms with Crippen LogP contribution in [0.15, 0.2) is 224 Å². The molecule has 2 atom stereocenters. The summed E-state index contributed by atoms with van der Waals surface area (Å²) in [6.45, 7) is 2.01. The molecule has 12 nitrogen and oxygen atoms in total.